The Morgan fingerprint density at radius 3 is 2.27 bits per heavy atom. The lowest BCUT2D eigenvalue weighted by Gasteiger charge is -2.29. The van der Waals surface area contributed by atoms with Crippen molar-refractivity contribution < 1.29 is 19.1 Å². The maximum Gasteiger partial charge on any atom is 0.319 e. The van der Waals surface area contributed by atoms with E-state index in [0.29, 0.717) is 6.42 Å². The Balaban J connectivity index is 2.42. The average molecular weight is 386 g/mol. The van der Waals surface area contributed by atoms with Gasteiger partial charge in [0.25, 0.3) is 0 Å². The Kier molecular flexibility index (Phi) is 9.69. The lowest BCUT2D eigenvalue weighted by molar-refractivity contribution is -0.163. The van der Waals surface area contributed by atoms with Crippen molar-refractivity contribution >= 4 is 28.8 Å². The summed E-state index contributed by atoms with van der Waals surface area (Å²) in [6.45, 7) is 9.25. The molecule has 1 aliphatic carbocycles. The van der Waals surface area contributed by atoms with Crippen LogP contribution in [0.5, 0.6) is 0 Å². The summed E-state index contributed by atoms with van der Waals surface area (Å²) in [5, 5.41) is 3.19. The van der Waals surface area contributed by atoms with Crippen molar-refractivity contribution in [2.24, 2.45) is 11.8 Å². The summed E-state index contributed by atoms with van der Waals surface area (Å²) in [7, 11) is 0. The number of amides is 1. The second-order valence-electron chi connectivity index (χ2n) is 8.39. The predicted octanol–water partition coefficient (Wildman–Crippen LogP) is 4.09. The van der Waals surface area contributed by atoms with Crippen LogP contribution >= 0.6 is 11.8 Å². The second kappa shape index (κ2) is 11.0. The summed E-state index contributed by atoms with van der Waals surface area (Å²) < 4.78 is 5.44. The maximum atomic E-state index is 12.5. The van der Waals surface area contributed by atoms with Crippen molar-refractivity contribution in [1.29, 1.82) is 0 Å². The molecule has 6 heteroatoms. The van der Waals surface area contributed by atoms with Gasteiger partial charge in [-0.1, -0.05) is 38.5 Å². The SMILES string of the molecule is CC(C)C(=O)SCCCCCC(C(=O)NC1CCC1)C(=O)OC(C)(C)C. The predicted molar refractivity (Wildman–Crippen MR) is 106 cm³/mol. The van der Waals surface area contributed by atoms with Crippen molar-refractivity contribution in [2.75, 3.05) is 5.75 Å². The standard InChI is InChI=1S/C20H35NO4S/c1-14(2)19(24)26-13-8-6-7-12-16(18(23)25-20(3,4)5)17(22)21-15-10-9-11-15/h14-16H,6-13H2,1-5H3,(H,21,22). The Morgan fingerprint density at radius 1 is 1.12 bits per heavy atom. The van der Waals surface area contributed by atoms with E-state index in [-0.39, 0.29) is 23.0 Å². The molecule has 1 rings (SSSR count). The van der Waals surface area contributed by atoms with Crippen molar-refractivity contribution in [1.82, 2.24) is 5.32 Å². The summed E-state index contributed by atoms with van der Waals surface area (Å²) in [6.07, 6.45) is 6.20. The quantitative estimate of drug-likeness (QED) is 0.348. The fraction of sp³-hybridized carbons (Fsp3) is 0.850. The van der Waals surface area contributed by atoms with Crippen LogP contribution in [-0.4, -0.2) is 34.4 Å². The summed E-state index contributed by atoms with van der Waals surface area (Å²) in [5.41, 5.74) is -0.597. The molecule has 0 aliphatic heterocycles. The molecule has 0 aromatic heterocycles. The van der Waals surface area contributed by atoms with E-state index in [2.05, 4.69) is 5.32 Å². The molecule has 1 amide bonds. The lowest BCUT2D eigenvalue weighted by Crippen LogP contribution is -2.45. The normalized spacial score (nSPS) is 16.1. The maximum absolute atomic E-state index is 12.5. The molecule has 26 heavy (non-hydrogen) atoms. The minimum atomic E-state index is -0.736. The molecule has 1 N–H and O–H groups in total. The van der Waals surface area contributed by atoms with Gasteiger partial charge in [-0.05, 0) is 52.9 Å². The minimum absolute atomic E-state index is 0.0618. The monoisotopic (exact) mass is 385 g/mol. The first kappa shape index (κ1) is 23.0. The van der Waals surface area contributed by atoms with Gasteiger partial charge in [0.15, 0.2) is 5.12 Å². The highest BCUT2D eigenvalue weighted by Crippen LogP contribution is 2.22. The molecular formula is C20H35NO4S. The summed E-state index contributed by atoms with van der Waals surface area (Å²) in [4.78, 5) is 36.5. The van der Waals surface area contributed by atoms with Gasteiger partial charge in [-0.2, -0.15) is 0 Å². The third kappa shape index (κ3) is 9.06. The van der Waals surface area contributed by atoms with Gasteiger partial charge in [-0.15, -0.1) is 0 Å². The van der Waals surface area contributed by atoms with E-state index in [4.69, 9.17) is 4.74 Å². The second-order valence-corrected chi connectivity index (χ2v) is 9.49. The van der Waals surface area contributed by atoms with E-state index < -0.39 is 17.5 Å². The topological polar surface area (TPSA) is 72.5 Å². The third-order valence-electron chi connectivity index (χ3n) is 4.31. The lowest BCUT2D eigenvalue weighted by atomic mass is 9.91. The molecule has 0 aromatic rings. The molecule has 0 bridgehead atoms. The summed E-state index contributed by atoms with van der Waals surface area (Å²) >= 11 is 1.37. The molecule has 1 aliphatic rings. The van der Waals surface area contributed by atoms with Crippen LogP contribution in [-0.2, 0) is 19.1 Å². The van der Waals surface area contributed by atoms with Crippen molar-refractivity contribution in [3.05, 3.63) is 0 Å². The van der Waals surface area contributed by atoms with Gasteiger partial charge in [0.2, 0.25) is 5.91 Å². The molecule has 1 fully saturated rings. The molecule has 150 valence electrons. The number of carbonyl (C=O) groups excluding carboxylic acids is 3. The zero-order valence-electron chi connectivity index (χ0n) is 16.9. The first-order valence-electron chi connectivity index (χ1n) is 9.80. The number of thioether (sulfide) groups is 1. The smallest absolute Gasteiger partial charge is 0.319 e. The molecular weight excluding hydrogens is 350 g/mol. The molecule has 0 saturated heterocycles. The first-order chi connectivity index (χ1) is 12.1. The fourth-order valence-corrected chi connectivity index (χ4v) is 3.43. The van der Waals surface area contributed by atoms with Gasteiger partial charge >= 0.3 is 5.97 Å². The molecule has 0 aromatic carbocycles. The van der Waals surface area contributed by atoms with Gasteiger partial charge in [-0.25, -0.2) is 0 Å². The Hall–Kier alpha value is -1.04. The van der Waals surface area contributed by atoms with E-state index in [9.17, 15) is 14.4 Å². The largest absolute Gasteiger partial charge is 0.459 e. The number of hydrogen-bond acceptors (Lipinski definition) is 5. The van der Waals surface area contributed by atoms with Gasteiger partial charge in [0, 0.05) is 17.7 Å². The van der Waals surface area contributed by atoms with E-state index in [1.54, 1.807) is 0 Å². The number of rotatable bonds is 10. The number of nitrogens with one attached hydrogen (secondary N) is 1. The molecule has 1 atom stereocenters. The van der Waals surface area contributed by atoms with Crippen LogP contribution in [0.4, 0.5) is 0 Å². The van der Waals surface area contributed by atoms with E-state index in [1.165, 1.54) is 11.8 Å². The van der Waals surface area contributed by atoms with E-state index in [0.717, 1.165) is 44.3 Å². The molecule has 0 spiro atoms. The van der Waals surface area contributed by atoms with Gasteiger partial charge in [-0.3, -0.25) is 14.4 Å². The van der Waals surface area contributed by atoms with Gasteiger partial charge in [0.1, 0.15) is 11.5 Å². The molecule has 0 heterocycles. The molecule has 1 saturated carbocycles. The zero-order chi connectivity index (χ0) is 19.7. The number of hydrogen-bond donors (Lipinski definition) is 1. The van der Waals surface area contributed by atoms with Crippen molar-refractivity contribution in [2.45, 2.75) is 91.2 Å². The Morgan fingerprint density at radius 2 is 1.77 bits per heavy atom. The van der Waals surface area contributed by atoms with Crippen molar-refractivity contribution in [3.63, 3.8) is 0 Å². The summed E-state index contributed by atoms with van der Waals surface area (Å²) in [5.74, 6) is -0.513. The van der Waals surface area contributed by atoms with Crippen LogP contribution in [0.15, 0.2) is 0 Å². The van der Waals surface area contributed by atoms with E-state index in [1.807, 2.05) is 34.6 Å². The fourth-order valence-electron chi connectivity index (χ4n) is 2.55. The van der Waals surface area contributed by atoms with Gasteiger partial charge in [0.05, 0.1) is 0 Å². The number of ether oxygens (including phenoxy) is 1. The zero-order valence-corrected chi connectivity index (χ0v) is 17.7. The van der Waals surface area contributed by atoms with Crippen LogP contribution in [0.2, 0.25) is 0 Å². The van der Waals surface area contributed by atoms with Crippen LogP contribution in [0, 0.1) is 11.8 Å². The number of esters is 1. The average Bonchev–Trinajstić information content (AvgIpc) is 2.47. The minimum Gasteiger partial charge on any atom is -0.459 e. The summed E-state index contributed by atoms with van der Waals surface area (Å²) in [6, 6.07) is 0.214. The highest BCUT2D eigenvalue weighted by molar-refractivity contribution is 8.13. The van der Waals surface area contributed by atoms with Crippen LogP contribution in [0.3, 0.4) is 0 Å². The molecule has 0 radical (unpaired) electrons. The van der Waals surface area contributed by atoms with Crippen LogP contribution < -0.4 is 5.32 Å². The number of carbonyl (C=O) groups is 3. The Bertz CT molecular complexity index is 481. The first-order valence-corrected chi connectivity index (χ1v) is 10.8. The van der Waals surface area contributed by atoms with Gasteiger partial charge < -0.3 is 10.1 Å². The molecule has 5 nitrogen and oxygen atoms in total. The van der Waals surface area contributed by atoms with Crippen LogP contribution in [0.25, 0.3) is 0 Å². The highest BCUT2D eigenvalue weighted by atomic mass is 32.2. The Labute approximate surface area is 162 Å². The molecule has 1 unspecified atom stereocenters. The number of unbranched alkanes of at least 4 members (excludes halogenated alkanes) is 2. The van der Waals surface area contributed by atoms with E-state index >= 15 is 0 Å². The van der Waals surface area contributed by atoms with Crippen molar-refractivity contribution in [3.8, 4) is 0 Å². The third-order valence-corrected chi connectivity index (χ3v) is 5.56. The highest BCUT2D eigenvalue weighted by Gasteiger charge is 2.32. The van der Waals surface area contributed by atoms with Crippen LogP contribution in [0.1, 0.15) is 79.6 Å².